The van der Waals surface area contributed by atoms with Gasteiger partial charge in [-0.2, -0.15) is 22.7 Å². The number of benzene rings is 1. The number of anilines is 2. The van der Waals surface area contributed by atoms with Crippen LogP contribution in [0, 0.1) is 17.2 Å². The molecule has 3 heterocycles. The molecule has 0 amide bonds. The minimum Gasteiger partial charge on any atom is -0.370 e. The number of nitrogens with one attached hydrogen (secondary N) is 1. The third-order valence-corrected chi connectivity index (χ3v) is 9.23. The number of aromatic nitrogens is 1. The van der Waals surface area contributed by atoms with Gasteiger partial charge in [0.2, 0.25) is 10.0 Å². The van der Waals surface area contributed by atoms with Gasteiger partial charge in [-0.15, -0.1) is 0 Å². The molecule has 1 N–H and O–H groups in total. The number of sulfonamides is 1. The molecule has 35 heavy (non-hydrogen) atoms. The van der Waals surface area contributed by atoms with Gasteiger partial charge in [0, 0.05) is 38.1 Å². The van der Waals surface area contributed by atoms with Gasteiger partial charge >= 0.3 is 6.18 Å². The number of carbonyl (C=O) groups excluding carboxylic acids is 1. The third kappa shape index (κ3) is 5.60. The highest BCUT2D eigenvalue weighted by molar-refractivity contribution is 7.89. The Labute approximate surface area is 205 Å². The lowest BCUT2D eigenvalue weighted by Crippen LogP contribution is -2.42. The molecule has 1 aromatic carbocycles. The van der Waals surface area contributed by atoms with Crippen LogP contribution in [0.5, 0.6) is 0 Å². The van der Waals surface area contributed by atoms with Gasteiger partial charge in [0.05, 0.1) is 22.3 Å². The fourth-order valence-corrected chi connectivity index (χ4v) is 6.59. The van der Waals surface area contributed by atoms with E-state index in [1.165, 1.54) is 22.5 Å². The number of carbonyl (C=O) groups is 1. The van der Waals surface area contributed by atoms with Crippen LogP contribution in [-0.4, -0.2) is 56.2 Å². The molecule has 0 aliphatic carbocycles. The SMILES string of the molecule is N#Cc1ccc(S(=O)(=O)N2CCC(Nc3ncc(C(F)(F)F)s3)CC2)cc1N1CCC(C=O)CC1. The Balaban J connectivity index is 1.43. The number of nitrogens with zero attached hydrogens (tertiary/aromatic N) is 4. The van der Waals surface area contributed by atoms with Crippen LogP contribution in [0.4, 0.5) is 24.0 Å². The Morgan fingerprint density at radius 1 is 1.14 bits per heavy atom. The largest absolute Gasteiger partial charge is 0.427 e. The number of thiazole rings is 1. The Morgan fingerprint density at radius 3 is 2.40 bits per heavy atom. The summed E-state index contributed by atoms with van der Waals surface area (Å²) in [5.41, 5.74) is 0.914. The number of hydrogen-bond donors (Lipinski definition) is 1. The van der Waals surface area contributed by atoms with E-state index in [-0.39, 0.29) is 35.1 Å². The van der Waals surface area contributed by atoms with Crippen LogP contribution in [0.25, 0.3) is 0 Å². The molecular formula is C22H24F3N5O3S2. The Bertz CT molecular complexity index is 1210. The van der Waals surface area contributed by atoms with Crippen LogP contribution in [0.3, 0.4) is 0 Å². The second-order valence-corrected chi connectivity index (χ2v) is 11.6. The van der Waals surface area contributed by atoms with Gasteiger partial charge in [-0.05, 0) is 43.9 Å². The van der Waals surface area contributed by atoms with E-state index < -0.39 is 21.1 Å². The summed E-state index contributed by atoms with van der Waals surface area (Å²) >= 11 is 0.527. The molecule has 0 radical (unpaired) electrons. The van der Waals surface area contributed by atoms with Crippen molar-refractivity contribution in [3.8, 4) is 6.07 Å². The fraction of sp³-hybridized carbons (Fsp3) is 0.500. The molecule has 0 bridgehead atoms. The second-order valence-electron chi connectivity index (χ2n) is 8.60. The predicted octanol–water partition coefficient (Wildman–Crippen LogP) is 3.71. The van der Waals surface area contributed by atoms with Gasteiger partial charge in [0.15, 0.2) is 5.13 Å². The number of aldehydes is 1. The van der Waals surface area contributed by atoms with Crippen LogP contribution in [0.15, 0.2) is 29.3 Å². The van der Waals surface area contributed by atoms with Crippen molar-refractivity contribution in [3.05, 3.63) is 34.8 Å². The van der Waals surface area contributed by atoms with E-state index in [4.69, 9.17) is 0 Å². The van der Waals surface area contributed by atoms with Crippen molar-refractivity contribution in [1.82, 2.24) is 9.29 Å². The molecule has 4 rings (SSSR count). The first kappa shape index (κ1) is 25.4. The number of piperidine rings is 2. The topological polar surface area (TPSA) is 106 Å². The lowest BCUT2D eigenvalue weighted by molar-refractivity contribution is -0.134. The quantitative estimate of drug-likeness (QED) is 0.571. The van der Waals surface area contributed by atoms with E-state index >= 15 is 0 Å². The van der Waals surface area contributed by atoms with Crippen molar-refractivity contribution in [2.75, 3.05) is 36.4 Å². The Hall–Kier alpha value is -2.69. The molecule has 2 aliphatic heterocycles. The highest BCUT2D eigenvalue weighted by atomic mass is 32.2. The molecule has 188 valence electrons. The molecule has 0 saturated carbocycles. The predicted molar refractivity (Wildman–Crippen MR) is 125 cm³/mol. The molecule has 0 atom stereocenters. The number of halogens is 3. The molecule has 2 aromatic rings. The number of nitriles is 1. The normalized spacial score (nSPS) is 18.9. The molecule has 2 aliphatic rings. The summed E-state index contributed by atoms with van der Waals surface area (Å²) in [4.78, 5) is 16.1. The maximum absolute atomic E-state index is 13.3. The zero-order valence-electron chi connectivity index (χ0n) is 18.7. The van der Waals surface area contributed by atoms with E-state index in [0.717, 1.165) is 12.5 Å². The summed E-state index contributed by atoms with van der Waals surface area (Å²) in [6.07, 6.45) is -0.586. The van der Waals surface area contributed by atoms with Crippen LogP contribution in [0.1, 0.15) is 36.1 Å². The van der Waals surface area contributed by atoms with Crippen molar-refractivity contribution in [2.24, 2.45) is 5.92 Å². The lowest BCUT2D eigenvalue weighted by Gasteiger charge is -2.33. The molecular weight excluding hydrogens is 503 g/mol. The van der Waals surface area contributed by atoms with Gasteiger partial charge in [-0.3, -0.25) is 0 Å². The minimum atomic E-state index is -4.45. The van der Waals surface area contributed by atoms with E-state index in [9.17, 15) is 31.6 Å². The smallest absolute Gasteiger partial charge is 0.370 e. The van der Waals surface area contributed by atoms with Crippen LogP contribution >= 0.6 is 11.3 Å². The first-order valence-corrected chi connectivity index (χ1v) is 13.4. The number of rotatable bonds is 6. The zero-order chi connectivity index (χ0) is 25.2. The molecule has 8 nitrogen and oxygen atoms in total. The average molecular weight is 528 g/mol. The molecule has 2 fully saturated rings. The molecule has 0 unspecified atom stereocenters. The maximum Gasteiger partial charge on any atom is 0.427 e. The standard InChI is InChI=1S/C22H24F3N5O3S2/c23-22(24,25)20-13-27-21(34-20)28-17-5-9-30(10-6-17)35(32,33)18-2-1-16(12-26)19(11-18)29-7-3-15(14-31)4-8-29/h1-2,11,13-15,17H,3-10H2,(H,27,28). The van der Waals surface area contributed by atoms with Gasteiger partial charge in [0.25, 0.3) is 0 Å². The van der Waals surface area contributed by atoms with E-state index in [2.05, 4.69) is 16.4 Å². The second kappa shape index (κ2) is 10.1. The van der Waals surface area contributed by atoms with Crippen molar-refractivity contribution in [3.63, 3.8) is 0 Å². The first-order chi connectivity index (χ1) is 16.6. The molecule has 13 heteroatoms. The highest BCUT2D eigenvalue weighted by Gasteiger charge is 2.34. The number of alkyl halides is 3. The summed E-state index contributed by atoms with van der Waals surface area (Å²) in [5.74, 6) is -0.0250. The molecule has 0 spiro atoms. The van der Waals surface area contributed by atoms with Crippen LogP contribution in [-0.2, 0) is 21.0 Å². The van der Waals surface area contributed by atoms with Crippen LogP contribution < -0.4 is 10.2 Å². The van der Waals surface area contributed by atoms with Crippen molar-refractivity contribution in [2.45, 2.75) is 42.8 Å². The van der Waals surface area contributed by atoms with E-state index in [0.29, 0.717) is 61.4 Å². The van der Waals surface area contributed by atoms with Gasteiger partial charge in [0.1, 0.15) is 17.2 Å². The van der Waals surface area contributed by atoms with Crippen molar-refractivity contribution >= 4 is 38.5 Å². The lowest BCUT2D eigenvalue weighted by atomic mass is 9.97. The third-order valence-electron chi connectivity index (χ3n) is 6.37. The van der Waals surface area contributed by atoms with Gasteiger partial charge in [-0.25, -0.2) is 13.4 Å². The summed E-state index contributed by atoms with van der Waals surface area (Å²) in [5, 5.41) is 12.7. The average Bonchev–Trinajstić information content (AvgIpc) is 3.33. The summed E-state index contributed by atoms with van der Waals surface area (Å²) in [6, 6.07) is 6.37. The van der Waals surface area contributed by atoms with Crippen molar-refractivity contribution in [1.29, 1.82) is 5.26 Å². The zero-order valence-corrected chi connectivity index (χ0v) is 20.3. The Morgan fingerprint density at radius 2 is 1.83 bits per heavy atom. The maximum atomic E-state index is 13.3. The fourth-order valence-electron chi connectivity index (χ4n) is 4.34. The summed E-state index contributed by atoms with van der Waals surface area (Å²) in [7, 11) is -3.82. The highest BCUT2D eigenvalue weighted by Crippen LogP contribution is 2.36. The number of hydrogen-bond acceptors (Lipinski definition) is 8. The summed E-state index contributed by atoms with van der Waals surface area (Å²) < 4.78 is 66.4. The monoisotopic (exact) mass is 527 g/mol. The Kier molecular flexibility index (Phi) is 7.35. The minimum absolute atomic E-state index is 0.0250. The van der Waals surface area contributed by atoms with E-state index in [1.807, 2.05) is 4.90 Å². The van der Waals surface area contributed by atoms with E-state index in [1.54, 1.807) is 0 Å². The molecule has 1 aromatic heterocycles. The first-order valence-electron chi connectivity index (χ1n) is 11.2. The molecule has 2 saturated heterocycles. The van der Waals surface area contributed by atoms with Gasteiger partial charge in [-0.1, -0.05) is 11.3 Å². The van der Waals surface area contributed by atoms with Gasteiger partial charge < -0.3 is 15.0 Å². The summed E-state index contributed by atoms with van der Waals surface area (Å²) in [6.45, 7) is 1.53. The van der Waals surface area contributed by atoms with Crippen molar-refractivity contribution < 1.29 is 26.4 Å². The van der Waals surface area contributed by atoms with Crippen LogP contribution in [0.2, 0.25) is 0 Å².